The molecule has 6 heteroatoms. The maximum Gasteiger partial charge on any atom is 0.223 e. The van der Waals surface area contributed by atoms with E-state index in [4.69, 9.17) is 5.73 Å². The zero-order valence-corrected chi connectivity index (χ0v) is 10.5. The summed E-state index contributed by atoms with van der Waals surface area (Å²) in [4.78, 5) is 10.5. The number of β-amino-alcohol motifs (C(OH)–C–C–N with tert-alkyl or cyclic N) is 1. The van der Waals surface area contributed by atoms with Gasteiger partial charge in [-0.05, 0) is 26.2 Å². The number of hydrogen-bond donors (Lipinski definition) is 3. The van der Waals surface area contributed by atoms with Crippen LogP contribution in [0.25, 0.3) is 0 Å². The van der Waals surface area contributed by atoms with Crippen LogP contribution >= 0.6 is 0 Å². The van der Waals surface area contributed by atoms with Crippen molar-refractivity contribution in [3.05, 3.63) is 6.07 Å². The van der Waals surface area contributed by atoms with Gasteiger partial charge in [-0.1, -0.05) is 0 Å². The van der Waals surface area contributed by atoms with Gasteiger partial charge in [0.15, 0.2) is 0 Å². The molecule has 1 aliphatic carbocycles. The Morgan fingerprint density at radius 1 is 1.44 bits per heavy atom. The van der Waals surface area contributed by atoms with Crippen molar-refractivity contribution in [2.75, 3.05) is 22.5 Å². The Hall–Kier alpha value is -1.56. The monoisotopic (exact) mass is 249 g/mol. The van der Waals surface area contributed by atoms with Gasteiger partial charge in [-0.3, -0.25) is 0 Å². The lowest BCUT2D eigenvalue weighted by Gasteiger charge is -2.22. The van der Waals surface area contributed by atoms with Gasteiger partial charge in [-0.15, -0.1) is 0 Å². The SMILES string of the molecule is C[C@H]1C[C@@H](O)CN1c1cc(NC2CC2)nc(N)n1. The van der Waals surface area contributed by atoms with Crippen LogP contribution in [0.2, 0.25) is 0 Å². The highest BCUT2D eigenvalue weighted by Crippen LogP contribution is 2.28. The summed E-state index contributed by atoms with van der Waals surface area (Å²) in [7, 11) is 0. The summed E-state index contributed by atoms with van der Waals surface area (Å²) < 4.78 is 0. The van der Waals surface area contributed by atoms with Crippen molar-refractivity contribution in [3.63, 3.8) is 0 Å². The van der Waals surface area contributed by atoms with Crippen LogP contribution < -0.4 is 16.0 Å². The molecule has 3 rings (SSSR count). The molecular weight excluding hydrogens is 230 g/mol. The third kappa shape index (κ3) is 2.33. The quantitative estimate of drug-likeness (QED) is 0.727. The normalized spacial score (nSPS) is 27.6. The lowest BCUT2D eigenvalue weighted by molar-refractivity contribution is 0.195. The van der Waals surface area contributed by atoms with E-state index in [1.807, 2.05) is 6.07 Å². The molecule has 2 aliphatic rings. The molecule has 1 saturated heterocycles. The zero-order chi connectivity index (χ0) is 12.7. The molecular formula is C12H19N5O. The van der Waals surface area contributed by atoms with Crippen molar-refractivity contribution in [1.82, 2.24) is 9.97 Å². The van der Waals surface area contributed by atoms with Gasteiger partial charge in [0.1, 0.15) is 11.6 Å². The average molecular weight is 249 g/mol. The molecule has 1 aromatic heterocycles. The largest absolute Gasteiger partial charge is 0.391 e. The molecule has 0 amide bonds. The Balaban J connectivity index is 1.84. The molecule has 1 saturated carbocycles. The van der Waals surface area contributed by atoms with E-state index in [0.717, 1.165) is 18.1 Å². The smallest absolute Gasteiger partial charge is 0.223 e. The molecule has 0 radical (unpaired) electrons. The van der Waals surface area contributed by atoms with Crippen LogP contribution in [0.5, 0.6) is 0 Å². The van der Waals surface area contributed by atoms with E-state index < -0.39 is 0 Å². The van der Waals surface area contributed by atoms with Crippen LogP contribution in [-0.2, 0) is 0 Å². The maximum atomic E-state index is 9.69. The molecule has 6 nitrogen and oxygen atoms in total. The van der Waals surface area contributed by atoms with Crippen molar-refractivity contribution in [2.24, 2.45) is 0 Å². The molecule has 1 aliphatic heterocycles. The maximum absolute atomic E-state index is 9.69. The number of anilines is 3. The minimum Gasteiger partial charge on any atom is -0.391 e. The minimum absolute atomic E-state index is 0.281. The van der Waals surface area contributed by atoms with Crippen LogP contribution in [0.1, 0.15) is 26.2 Å². The number of aliphatic hydroxyl groups is 1. The Morgan fingerprint density at radius 3 is 2.83 bits per heavy atom. The lowest BCUT2D eigenvalue weighted by Crippen LogP contribution is -2.28. The Morgan fingerprint density at radius 2 is 2.22 bits per heavy atom. The van der Waals surface area contributed by atoms with Gasteiger partial charge >= 0.3 is 0 Å². The first kappa shape index (κ1) is 11.5. The molecule has 2 heterocycles. The number of nitrogens with one attached hydrogen (secondary N) is 1. The minimum atomic E-state index is -0.281. The summed E-state index contributed by atoms with van der Waals surface area (Å²) >= 11 is 0. The molecule has 0 spiro atoms. The summed E-state index contributed by atoms with van der Waals surface area (Å²) in [5, 5.41) is 13.0. The van der Waals surface area contributed by atoms with Gasteiger partial charge in [0, 0.05) is 24.7 Å². The second kappa shape index (κ2) is 4.28. The first-order valence-corrected chi connectivity index (χ1v) is 6.47. The van der Waals surface area contributed by atoms with E-state index in [1.165, 1.54) is 12.8 Å². The highest BCUT2D eigenvalue weighted by Gasteiger charge is 2.29. The van der Waals surface area contributed by atoms with Crippen molar-refractivity contribution in [1.29, 1.82) is 0 Å². The van der Waals surface area contributed by atoms with E-state index >= 15 is 0 Å². The molecule has 18 heavy (non-hydrogen) atoms. The molecule has 98 valence electrons. The van der Waals surface area contributed by atoms with E-state index in [1.54, 1.807) is 0 Å². The third-order valence-corrected chi connectivity index (χ3v) is 3.51. The molecule has 2 fully saturated rings. The predicted octanol–water partition coefficient (Wildman–Crippen LogP) is 0.593. The number of nitrogens with zero attached hydrogens (tertiary/aromatic N) is 3. The first-order valence-electron chi connectivity index (χ1n) is 6.47. The second-order valence-corrected chi connectivity index (χ2v) is 5.28. The summed E-state index contributed by atoms with van der Waals surface area (Å²) in [5.41, 5.74) is 5.75. The molecule has 4 N–H and O–H groups in total. The van der Waals surface area contributed by atoms with Crippen LogP contribution in [0.4, 0.5) is 17.6 Å². The standard InChI is InChI=1S/C12H19N5O/c1-7-4-9(18)6-17(7)11-5-10(14-8-2-3-8)15-12(13)16-11/h5,7-9,18H,2-4,6H2,1H3,(H3,13,14,15,16)/t7-,9+/m0/s1. The van der Waals surface area contributed by atoms with Crippen molar-refractivity contribution in [2.45, 2.75) is 44.4 Å². The number of aliphatic hydroxyl groups excluding tert-OH is 1. The van der Waals surface area contributed by atoms with E-state index in [0.29, 0.717) is 12.6 Å². The fourth-order valence-corrected chi connectivity index (χ4v) is 2.43. The Bertz CT molecular complexity index is 448. The van der Waals surface area contributed by atoms with Gasteiger partial charge < -0.3 is 21.1 Å². The van der Waals surface area contributed by atoms with Gasteiger partial charge in [0.2, 0.25) is 5.95 Å². The third-order valence-electron chi connectivity index (χ3n) is 3.51. The van der Waals surface area contributed by atoms with Crippen LogP contribution in [0, 0.1) is 0 Å². The second-order valence-electron chi connectivity index (χ2n) is 5.28. The number of nitrogens with two attached hydrogens (primary N) is 1. The fraction of sp³-hybridized carbons (Fsp3) is 0.667. The Kier molecular flexibility index (Phi) is 2.74. The van der Waals surface area contributed by atoms with Crippen LogP contribution in [0.15, 0.2) is 6.07 Å². The summed E-state index contributed by atoms with van der Waals surface area (Å²) in [6.45, 7) is 2.70. The summed E-state index contributed by atoms with van der Waals surface area (Å²) in [6, 6.07) is 2.74. The summed E-state index contributed by atoms with van der Waals surface area (Å²) in [5.74, 6) is 1.87. The molecule has 0 unspecified atom stereocenters. The summed E-state index contributed by atoms with van der Waals surface area (Å²) in [6.07, 6.45) is 2.88. The lowest BCUT2D eigenvalue weighted by atomic mass is 10.2. The molecule has 0 aromatic carbocycles. The van der Waals surface area contributed by atoms with E-state index in [9.17, 15) is 5.11 Å². The molecule has 1 aromatic rings. The van der Waals surface area contributed by atoms with E-state index in [-0.39, 0.29) is 18.1 Å². The predicted molar refractivity (Wildman–Crippen MR) is 70.5 cm³/mol. The first-order chi connectivity index (χ1) is 8.61. The number of nitrogen functional groups attached to an aromatic ring is 1. The highest BCUT2D eigenvalue weighted by atomic mass is 16.3. The fourth-order valence-electron chi connectivity index (χ4n) is 2.43. The van der Waals surface area contributed by atoms with Crippen molar-refractivity contribution in [3.8, 4) is 0 Å². The topological polar surface area (TPSA) is 87.3 Å². The van der Waals surface area contributed by atoms with Gasteiger partial charge in [0.25, 0.3) is 0 Å². The molecule has 0 bridgehead atoms. The number of hydrogen-bond acceptors (Lipinski definition) is 6. The van der Waals surface area contributed by atoms with Gasteiger partial charge in [0.05, 0.1) is 6.10 Å². The van der Waals surface area contributed by atoms with E-state index in [2.05, 4.69) is 27.1 Å². The van der Waals surface area contributed by atoms with Crippen LogP contribution in [-0.4, -0.2) is 39.8 Å². The van der Waals surface area contributed by atoms with Crippen LogP contribution in [0.3, 0.4) is 0 Å². The van der Waals surface area contributed by atoms with Gasteiger partial charge in [-0.25, -0.2) is 0 Å². The Labute approximate surface area is 106 Å². The van der Waals surface area contributed by atoms with Crippen molar-refractivity contribution < 1.29 is 5.11 Å². The highest BCUT2D eigenvalue weighted by molar-refractivity contribution is 5.54. The zero-order valence-electron chi connectivity index (χ0n) is 10.5. The van der Waals surface area contributed by atoms with Gasteiger partial charge in [-0.2, -0.15) is 9.97 Å². The number of aromatic nitrogens is 2. The number of rotatable bonds is 3. The average Bonchev–Trinajstić information content (AvgIpc) is 3.02. The molecule has 2 atom stereocenters. The van der Waals surface area contributed by atoms with Crippen molar-refractivity contribution >= 4 is 17.6 Å².